The molecule has 0 aromatic heterocycles. The molecule has 1 fully saturated rings. The van der Waals surface area contributed by atoms with E-state index in [1.807, 2.05) is 17.0 Å². The molecule has 0 saturated carbocycles. The summed E-state index contributed by atoms with van der Waals surface area (Å²) in [6.07, 6.45) is 1.19. The second-order valence-corrected chi connectivity index (χ2v) is 8.31. The Morgan fingerprint density at radius 3 is 2.74 bits per heavy atom. The Morgan fingerprint density at radius 2 is 2.04 bits per heavy atom. The molecule has 0 amide bonds. The fraction of sp³-hybridized carbons (Fsp3) is 0.533. The molecular formula is C15H19NO6S. The zero-order chi connectivity index (χ0) is 16.6. The van der Waals surface area contributed by atoms with Crippen LogP contribution in [0.1, 0.15) is 11.5 Å². The van der Waals surface area contributed by atoms with Gasteiger partial charge in [-0.05, 0) is 17.7 Å². The molecule has 0 aliphatic carbocycles. The average Bonchev–Trinajstić information content (AvgIpc) is 3.10. The van der Waals surface area contributed by atoms with Crippen LogP contribution in [0.25, 0.3) is 0 Å². The summed E-state index contributed by atoms with van der Waals surface area (Å²) in [5.41, 5.74) is 0.878. The van der Waals surface area contributed by atoms with Gasteiger partial charge in [0.2, 0.25) is 6.79 Å². The smallest absolute Gasteiger partial charge is 0.308 e. The lowest BCUT2D eigenvalue weighted by Crippen LogP contribution is -2.28. The van der Waals surface area contributed by atoms with Crippen molar-refractivity contribution in [2.45, 2.75) is 5.92 Å². The summed E-state index contributed by atoms with van der Waals surface area (Å²) in [7, 11) is -3.07. The second kappa shape index (κ2) is 6.01. The van der Waals surface area contributed by atoms with Crippen LogP contribution in [0.4, 0.5) is 0 Å². The zero-order valence-corrected chi connectivity index (χ0v) is 13.6. The van der Waals surface area contributed by atoms with E-state index in [2.05, 4.69) is 0 Å². The van der Waals surface area contributed by atoms with E-state index in [1.54, 1.807) is 6.07 Å². The number of likely N-dealkylation sites (tertiary alicyclic amines) is 1. The minimum atomic E-state index is -3.07. The summed E-state index contributed by atoms with van der Waals surface area (Å²) in [5, 5.41) is 9.48. The van der Waals surface area contributed by atoms with E-state index in [4.69, 9.17) is 9.47 Å². The average molecular weight is 341 g/mol. The van der Waals surface area contributed by atoms with Crippen LogP contribution in [0.15, 0.2) is 18.2 Å². The molecule has 8 heteroatoms. The number of sulfone groups is 1. The van der Waals surface area contributed by atoms with Gasteiger partial charge in [0.05, 0.1) is 11.7 Å². The van der Waals surface area contributed by atoms with E-state index in [0.717, 1.165) is 5.56 Å². The van der Waals surface area contributed by atoms with Crippen molar-refractivity contribution in [3.05, 3.63) is 23.8 Å². The van der Waals surface area contributed by atoms with Crippen molar-refractivity contribution < 1.29 is 27.8 Å². The summed E-state index contributed by atoms with van der Waals surface area (Å²) in [6.45, 7) is 1.39. The first-order valence-electron chi connectivity index (χ1n) is 7.36. The Bertz CT molecular complexity index is 717. The molecule has 2 unspecified atom stereocenters. The predicted octanol–water partition coefficient (Wildman–Crippen LogP) is 0.560. The minimum absolute atomic E-state index is 0.0349. The van der Waals surface area contributed by atoms with E-state index < -0.39 is 21.7 Å². The Morgan fingerprint density at radius 1 is 1.30 bits per heavy atom. The Hall–Kier alpha value is -1.80. The molecule has 0 bridgehead atoms. The number of hydrogen-bond acceptors (Lipinski definition) is 6. The first-order valence-corrected chi connectivity index (χ1v) is 9.42. The summed E-state index contributed by atoms with van der Waals surface area (Å²) in [4.78, 5) is 13.5. The third kappa shape index (κ3) is 3.59. The predicted molar refractivity (Wildman–Crippen MR) is 82.6 cm³/mol. The van der Waals surface area contributed by atoms with Crippen LogP contribution in [0.2, 0.25) is 0 Å². The van der Waals surface area contributed by atoms with Crippen LogP contribution in [-0.2, 0) is 14.6 Å². The number of fused-ring (bicyclic) bond motifs is 1. The van der Waals surface area contributed by atoms with Crippen LogP contribution < -0.4 is 9.47 Å². The third-order valence-corrected chi connectivity index (χ3v) is 5.24. The van der Waals surface area contributed by atoms with Crippen molar-refractivity contribution in [2.75, 3.05) is 38.4 Å². The van der Waals surface area contributed by atoms with Gasteiger partial charge in [0.25, 0.3) is 0 Å². The Labute approximate surface area is 134 Å². The van der Waals surface area contributed by atoms with E-state index in [-0.39, 0.29) is 18.5 Å². The molecule has 2 aliphatic rings. The molecule has 2 aliphatic heterocycles. The first-order chi connectivity index (χ1) is 10.8. The minimum Gasteiger partial charge on any atom is -0.481 e. The van der Waals surface area contributed by atoms with Crippen LogP contribution in [-0.4, -0.2) is 62.8 Å². The number of hydrogen-bond donors (Lipinski definition) is 1. The lowest BCUT2D eigenvalue weighted by molar-refractivity contribution is -0.141. The maximum atomic E-state index is 11.6. The molecule has 126 valence electrons. The maximum absolute atomic E-state index is 11.6. The standard InChI is InChI=1S/C15H19NO6S/c1-23(19,20)5-4-16-7-11(12(8-16)15(17)18)10-2-3-13-14(6-10)22-9-21-13/h2-3,6,11-12H,4-5,7-9H2,1H3,(H,17,18). The maximum Gasteiger partial charge on any atom is 0.308 e. The molecule has 1 aromatic rings. The van der Waals surface area contributed by atoms with Crippen LogP contribution in [0.5, 0.6) is 11.5 Å². The molecule has 3 rings (SSSR count). The van der Waals surface area contributed by atoms with Gasteiger partial charge in [-0.25, -0.2) is 8.42 Å². The third-order valence-electron chi connectivity index (χ3n) is 4.32. The molecule has 7 nitrogen and oxygen atoms in total. The van der Waals surface area contributed by atoms with Gasteiger partial charge in [-0.3, -0.25) is 4.79 Å². The van der Waals surface area contributed by atoms with E-state index in [9.17, 15) is 18.3 Å². The molecule has 1 N–H and O–H groups in total. The van der Waals surface area contributed by atoms with E-state index in [0.29, 0.717) is 31.1 Å². The zero-order valence-electron chi connectivity index (χ0n) is 12.8. The number of aliphatic carboxylic acids is 1. The van der Waals surface area contributed by atoms with Gasteiger partial charge in [0.15, 0.2) is 11.5 Å². The molecule has 0 spiro atoms. The van der Waals surface area contributed by atoms with Crippen LogP contribution in [0.3, 0.4) is 0 Å². The molecule has 0 radical (unpaired) electrons. The number of ether oxygens (including phenoxy) is 2. The first kappa shape index (κ1) is 16.1. The number of carbonyl (C=O) groups is 1. The second-order valence-electron chi connectivity index (χ2n) is 6.05. The van der Waals surface area contributed by atoms with Crippen molar-refractivity contribution in [3.63, 3.8) is 0 Å². The molecule has 2 heterocycles. The highest BCUT2D eigenvalue weighted by molar-refractivity contribution is 7.90. The summed E-state index contributed by atoms with van der Waals surface area (Å²) in [5.74, 6) is -0.299. The normalized spacial score (nSPS) is 24.0. The van der Waals surface area contributed by atoms with Crippen molar-refractivity contribution in [1.82, 2.24) is 4.90 Å². The molecule has 1 saturated heterocycles. The van der Waals surface area contributed by atoms with E-state index >= 15 is 0 Å². The van der Waals surface area contributed by atoms with Gasteiger partial charge in [0.1, 0.15) is 9.84 Å². The highest BCUT2D eigenvalue weighted by Gasteiger charge is 2.39. The molecule has 2 atom stereocenters. The summed E-state index contributed by atoms with van der Waals surface area (Å²) in [6, 6.07) is 5.47. The van der Waals surface area contributed by atoms with Crippen LogP contribution >= 0.6 is 0 Å². The van der Waals surface area contributed by atoms with Gasteiger partial charge < -0.3 is 19.5 Å². The highest BCUT2D eigenvalue weighted by Crippen LogP contribution is 2.39. The number of carboxylic acids is 1. The molecule has 1 aromatic carbocycles. The summed E-state index contributed by atoms with van der Waals surface area (Å²) < 4.78 is 33.2. The van der Waals surface area contributed by atoms with Crippen molar-refractivity contribution >= 4 is 15.8 Å². The summed E-state index contributed by atoms with van der Waals surface area (Å²) >= 11 is 0. The van der Waals surface area contributed by atoms with Crippen molar-refractivity contribution in [1.29, 1.82) is 0 Å². The van der Waals surface area contributed by atoms with Gasteiger partial charge in [-0.1, -0.05) is 6.07 Å². The number of rotatable bonds is 5. The van der Waals surface area contributed by atoms with E-state index in [1.165, 1.54) is 6.26 Å². The van der Waals surface area contributed by atoms with Crippen LogP contribution in [0, 0.1) is 5.92 Å². The number of benzene rings is 1. The van der Waals surface area contributed by atoms with Gasteiger partial charge in [-0.15, -0.1) is 0 Å². The van der Waals surface area contributed by atoms with Gasteiger partial charge in [0, 0.05) is 31.8 Å². The lowest BCUT2D eigenvalue weighted by atomic mass is 9.89. The fourth-order valence-electron chi connectivity index (χ4n) is 3.09. The Kier molecular flexibility index (Phi) is 4.20. The SMILES string of the molecule is CS(=O)(=O)CCN1CC(C(=O)O)C(c2ccc3c(c2)OCO3)C1. The topological polar surface area (TPSA) is 93.1 Å². The molecular weight excluding hydrogens is 322 g/mol. The van der Waals surface area contributed by atoms with Gasteiger partial charge in [-0.2, -0.15) is 0 Å². The largest absolute Gasteiger partial charge is 0.481 e. The molecule has 23 heavy (non-hydrogen) atoms. The number of nitrogens with zero attached hydrogens (tertiary/aromatic N) is 1. The van der Waals surface area contributed by atoms with Crippen molar-refractivity contribution in [2.24, 2.45) is 5.92 Å². The fourth-order valence-corrected chi connectivity index (χ4v) is 3.68. The number of carboxylic acid groups (broad SMARTS) is 1. The lowest BCUT2D eigenvalue weighted by Gasteiger charge is -2.16. The Balaban J connectivity index is 1.78. The monoisotopic (exact) mass is 341 g/mol. The van der Waals surface area contributed by atoms with Crippen molar-refractivity contribution in [3.8, 4) is 11.5 Å². The van der Waals surface area contributed by atoms with Gasteiger partial charge >= 0.3 is 5.97 Å². The quantitative estimate of drug-likeness (QED) is 0.836. The highest BCUT2D eigenvalue weighted by atomic mass is 32.2.